The lowest BCUT2D eigenvalue weighted by molar-refractivity contribution is -0.137. The van der Waals surface area contributed by atoms with Crippen LogP contribution in [0.15, 0.2) is 48.2 Å². The van der Waals surface area contributed by atoms with Crippen molar-refractivity contribution in [2.45, 2.75) is 33.1 Å². The predicted molar refractivity (Wildman–Crippen MR) is 108 cm³/mol. The second-order valence-corrected chi connectivity index (χ2v) is 6.85. The molecule has 0 radical (unpaired) electrons. The highest BCUT2D eigenvalue weighted by molar-refractivity contribution is 6.18. The van der Waals surface area contributed by atoms with Crippen LogP contribution in [-0.4, -0.2) is 25.2 Å². The number of allylic oxidation sites excluding steroid dienone is 1. The maximum Gasteiger partial charge on any atom is 0.412 e. The molecule has 6 heteroatoms. The predicted octanol–water partition coefficient (Wildman–Crippen LogP) is 4.99. The molecule has 5 nitrogen and oxygen atoms in total. The van der Waals surface area contributed by atoms with Crippen molar-refractivity contribution in [3.05, 3.63) is 65.2 Å². The lowest BCUT2D eigenvalue weighted by atomic mass is 9.93. The topological polar surface area (TPSA) is 64.6 Å². The normalized spacial score (nSPS) is 17.1. The summed E-state index contributed by atoms with van der Waals surface area (Å²) < 4.78 is 24.5. The largest absolute Gasteiger partial charge is 0.462 e. The summed E-state index contributed by atoms with van der Waals surface area (Å²) in [6.07, 6.45) is 1.27. The van der Waals surface area contributed by atoms with Gasteiger partial charge in [0.1, 0.15) is 17.1 Å². The first-order valence-electron chi connectivity index (χ1n) is 9.72. The molecule has 0 unspecified atom stereocenters. The van der Waals surface area contributed by atoms with Crippen molar-refractivity contribution in [1.29, 1.82) is 0 Å². The number of carbonyl (C=O) groups is 2. The maximum atomic E-state index is 13.7. The maximum absolute atomic E-state index is 13.7. The highest BCUT2D eigenvalue weighted by atomic mass is 19.1. The molecule has 29 heavy (non-hydrogen) atoms. The first-order chi connectivity index (χ1) is 14.0. The van der Waals surface area contributed by atoms with Gasteiger partial charge in [-0.2, -0.15) is 0 Å². The van der Waals surface area contributed by atoms with E-state index in [9.17, 15) is 14.0 Å². The molecule has 1 N–H and O–H groups in total. The Labute approximate surface area is 169 Å². The third-order valence-electron chi connectivity index (χ3n) is 4.72. The van der Waals surface area contributed by atoms with Gasteiger partial charge >= 0.3 is 12.1 Å². The third kappa shape index (κ3) is 5.02. The van der Waals surface area contributed by atoms with E-state index in [-0.39, 0.29) is 11.4 Å². The van der Waals surface area contributed by atoms with Crippen LogP contribution in [0.5, 0.6) is 0 Å². The van der Waals surface area contributed by atoms with Gasteiger partial charge in [-0.1, -0.05) is 24.3 Å². The molecule has 1 aliphatic heterocycles. The minimum Gasteiger partial charge on any atom is -0.462 e. The summed E-state index contributed by atoms with van der Waals surface area (Å²) >= 11 is 0. The van der Waals surface area contributed by atoms with Crippen molar-refractivity contribution >= 4 is 17.6 Å². The average Bonchev–Trinajstić information content (AvgIpc) is 2.68. The standard InChI is InChI=1S/C23H24FNO4/c1-3-25-23(27)29-20-9-4-5-12-28-22(26)21(20)19-14-17(11-10-15(19)2)16-7-6-8-18(24)13-16/h6-8,10-11,13-14H,3-5,9,12H2,1-2H3,(H,25,27)/b21-20+. The Balaban J connectivity index is 2.12. The Morgan fingerprint density at radius 1 is 1.17 bits per heavy atom. The third-order valence-corrected chi connectivity index (χ3v) is 4.72. The molecular formula is C23H24FNO4. The van der Waals surface area contributed by atoms with E-state index in [2.05, 4.69) is 5.32 Å². The monoisotopic (exact) mass is 397 g/mol. The van der Waals surface area contributed by atoms with Crippen molar-refractivity contribution in [3.63, 3.8) is 0 Å². The fourth-order valence-electron chi connectivity index (χ4n) is 3.26. The van der Waals surface area contributed by atoms with Gasteiger partial charge in [-0.15, -0.1) is 0 Å². The van der Waals surface area contributed by atoms with Crippen molar-refractivity contribution in [1.82, 2.24) is 5.32 Å². The van der Waals surface area contributed by atoms with E-state index >= 15 is 0 Å². The highest BCUT2D eigenvalue weighted by Crippen LogP contribution is 2.32. The first-order valence-corrected chi connectivity index (χ1v) is 9.72. The molecule has 0 saturated carbocycles. The van der Waals surface area contributed by atoms with Crippen LogP contribution in [0.3, 0.4) is 0 Å². The molecular weight excluding hydrogens is 373 g/mol. The van der Waals surface area contributed by atoms with Crippen molar-refractivity contribution in [3.8, 4) is 11.1 Å². The Bertz CT molecular complexity index is 952. The van der Waals surface area contributed by atoms with E-state index < -0.39 is 12.1 Å². The molecule has 0 atom stereocenters. The number of cyclic esters (lactones) is 1. The number of halogens is 1. The van der Waals surface area contributed by atoms with E-state index in [4.69, 9.17) is 9.47 Å². The van der Waals surface area contributed by atoms with Gasteiger partial charge in [0.25, 0.3) is 0 Å². The number of ether oxygens (including phenoxy) is 2. The second kappa shape index (κ2) is 9.37. The molecule has 0 fully saturated rings. The Hall–Kier alpha value is -3.15. The fraction of sp³-hybridized carbons (Fsp3) is 0.304. The number of hydrogen-bond acceptors (Lipinski definition) is 4. The second-order valence-electron chi connectivity index (χ2n) is 6.85. The van der Waals surface area contributed by atoms with Crippen LogP contribution < -0.4 is 5.32 Å². The summed E-state index contributed by atoms with van der Waals surface area (Å²) in [7, 11) is 0. The molecule has 0 aliphatic carbocycles. The van der Waals surface area contributed by atoms with E-state index in [0.717, 1.165) is 17.5 Å². The minimum absolute atomic E-state index is 0.242. The number of alkyl carbamates (subject to hydrolysis) is 1. The number of nitrogens with one attached hydrogen (secondary N) is 1. The Kier molecular flexibility index (Phi) is 6.65. The minimum atomic E-state index is -0.604. The summed E-state index contributed by atoms with van der Waals surface area (Å²) in [5.74, 6) is -0.571. The molecule has 0 aromatic heterocycles. The number of aryl methyl sites for hydroxylation is 1. The Morgan fingerprint density at radius 3 is 2.72 bits per heavy atom. The first kappa shape index (κ1) is 20.6. The number of rotatable bonds is 4. The summed E-state index contributed by atoms with van der Waals surface area (Å²) in [5.41, 5.74) is 3.13. The van der Waals surface area contributed by atoms with Crippen molar-refractivity contribution in [2.24, 2.45) is 0 Å². The van der Waals surface area contributed by atoms with Crippen molar-refractivity contribution in [2.75, 3.05) is 13.2 Å². The molecule has 0 spiro atoms. The van der Waals surface area contributed by atoms with Crippen LogP contribution in [0.4, 0.5) is 9.18 Å². The highest BCUT2D eigenvalue weighted by Gasteiger charge is 2.26. The van der Waals surface area contributed by atoms with Crippen molar-refractivity contribution < 1.29 is 23.5 Å². The van der Waals surface area contributed by atoms with Gasteiger partial charge in [-0.3, -0.25) is 0 Å². The number of benzene rings is 2. The van der Waals surface area contributed by atoms with Gasteiger partial charge in [0, 0.05) is 13.0 Å². The number of amides is 1. The molecule has 2 aromatic carbocycles. The molecule has 1 aliphatic rings. The smallest absolute Gasteiger partial charge is 0.412 e. The van der Waals surface area contributed by atoms with E-state index in [1.807, 2.05) is 25.1 Å². The van der Waals surface area contributed by atoms with Crippen LogP contribution in [0, 0.1) is 12.7 Å². The molecule has 152 valence electrons. The molecule has 1 heterocycles. The lowest BCUT2D eigenvalue weighted by Gasteiger charge is -2.20. The molecule has 3 rings (SSSR count). The molecule has 0 saturated heterocycles. The number of hydrogen-bond donors (Lipinski definition) is 1. The zero-order valence-electron chi connectivity index (χ0n) is 16.6. The molecule has 2 aromatic rings. The van der Waals surface area contributed by atoms with Gasteiger partial charge in [0.2, 0.25) is 0 Å². The van der Waals surface area contributed by atoms with Gasteiger partial charge in [-0.25, -0.2) is 14.0 Å². The zero-order chi connectivity index (χ0) is 20.8. The summed E-state index contributed by atoms with van der Waals surface area (Å²) in [4.78, 5) is 24.9. The summed E-state index contributed by atoms with van der Waals surface area (Å²) in [6.45, 7) is 4.39. The SMILES string of the molecule is CCNC(=O)O/C1=C(\c2cc(-c3cccc(F)c3)ccc2C)C(=O)OCCCC1. The Morgan fingerprint density at radius 2 is 1.97 bits per heavy atom. The fourth-order valence-corrected chi connectivity index (χ4v) is 3.26. The zero-order valence-corrected chi connectivity index (χ0v) is 16.6. The van der Waals surface area contributed by atoms with Crippen LogP contribution in [0.25, 0.3) is 16.7 Å². The van der Waals surface area contributed by atoms with Crippen LogP contribution >= 0.6 is 0 Å². The average molecular weight is 397 g/mol. The summed E-state index contributed by atoms with van der Waals surface area (Å²) in [6, 6.07) is 11.8. The van der Waals surface area contributed by atoms with E-state index in [1.54, 1.807) is 19.1 Å². The van der Waals surface area contributed by atoms with E-state index in [0.29, 0.717) is 42.9 Å². The quantitative estimate of drug-likeness (QED) is 0.739. The van der Waals surface area contributed by atoms with Gasteiger partial charge < -0.3 is 14.8 Å². The van der Waals surface area contributed by atoms with Gasteiger partial charge in [-0.05, 0) is 67.1 Å². The number of carbonyl (C=O) groups excluding carboxylic acids is 2. The van der Waals surface area contributed by atoms with Gasteiger partial charge in [0.15, 0.2) is 0 Å². The van der Waals surface area contributed by atoms with Crippen LogP contribution in [0.2, 0.25) is 0 Å². The number of esters is 1. The van der Waals surface area contributed by atoms with Crippen LogP contribution in [-0.2, 0) is 14.3 Å². The molecule has 1 amide bonds. The lowest BCUT2D eigenvalue weighted by Crippen LogP contribution is -2.25. The van der Waals surface area contributed by atoms with Crippen LogP contribution in [0.1, 0.15) is 37.3 Å². The van der Waals surface area contributed by atoms with E-state index in [1.165, 1.54) is 12.1 Å². The van der Waals surface area contributed by atoms with Gasteiger partial charge in [0.05, 0.1) is 6.61 Å². The molecule has 0 bridgehead atoms. The summed E-state index contributed by atoms with van der Waals surface area (Å²) in [5, 5.41) is 2.58.